The summed E-state index contributed by atoms with van der Waals surface area (Å²) in [6, 6.07) is -0.631. The fourth-order valence-corrected chi connectivity index (χ4v) is 1.49. The first kappa shape index (κ1) is 17.2. The molecule has 0 fully saturated rings. The molecule has 0 aromatic heterocycles. The number of carbonyl (C=O) groups excluding carboxylic acids is 1. The number of aliphatic carboxylic acids is 2. The molecule has 0 unspecified atom stereocenters. The van der Waals surface area contributed by atoms with E-state index in [0.717, 1.165) is 11.3 Å². The lowest BCUT2D eigenvalue weighted by Crippen LogP contribution is -2.46. The van der Waals surface area contributed by atoms with Crippen LogP contribution in [0.4, 0.5) is 4.79 Å². The Kier molecular flexibility index (Phi) is 8.27. The van der Waals surface area contributed by atoms with Gasteiger partial charge in [-0.05, 0) is 19.3 Å². The van der Waals surface area contributed by atoms with Gasteiger partial charge in [-0.15, -0.1) is 0 Å². The van der Waals surface area contributed by atoms with Crippen LogP contribution in [0.1, 0.15) is 19.3 Å². The zero-order valence-corrected chi connectivity index (χ0v) is 10.9. The maximum atomic E-state index is 11.9. The van der Waals surface area contributed by atoms with E-state index in [1.54, 1.807) is 0 Å². The third-order valence-electron chi connectivity index (χ3n) is 2.40. The van der Waals surface area contributed by atoms with Gasteiger partial charge >= 0.3 is 18.0 Å². The first-order valence-electron chi connectivity index (χ1n) is 5.93. The molecule has 0 aromatic carbocycles. The van der Waals surface area contributed by atoms with Gasteiger partial charge in [-0.1, -0.05) is 0 Å². The van der Waals surface area contributed by atoms with Crippen molar-refractivity contribution in [3.05, 3.63) is 0 Å². The third-order valence-corrected chi connectivity index (χ3v) is 2.40. The zero-order valence-electron chi connectivity index (χ0n) is 10.9. The van der Waals surface area contributed by atoms with Gasteiger partial charge in [0.1, 0.15) is 13.1 Å². The van der Waals surface area contributed by atoms with E-state index in [1.165, 1.54) is 11.9 Å². The molecule has 0 rings (SSSR count). The highest BCUT2D eigenvalue weighted by atomic mass is 16.4. The summed E-state index contributed by atoms with van der Waals surface area (Å²) in [6.07, 6.45) is 2.04. The van der Waals surface area contributed by atoms with Crippen LogP contribution in [-0.4, -0.2) is 76.4 Å². The summed E-state index contributed by atoms with van der Waals surface area (Å²) >= 11 is 0. The molecule has 3 N–H and O–H groups in total. The minimum Gasteiger partial charge on any atom is -0.480 e. The van der Waals surface area contributed by atoms with Crippen LogP contribution in [0.5, 0.6) is 0 Å². The number of aliphatic hydroxyl groups excluding tert-OH is 1. The molecular formula is C11H20N2O6. The van der Waals surface area contributed by atoms with Crippen LogP contribution in [0, 0.1) is 0 Å². The van der Waals surface area contributed by atoms with Crippen LogP contribution in [-0.2, 0) is 9.59 Å². The average Bonchev–Trinajstić information content (AvgIpc) is 2.31. The number of urea groups is 1. The number of rotatable bonds is 9. The fraction of sp³-hybridized carbons (Fsp3) is 0.727. The monoisotopic (exact) mass is 276 g/mol. The summed E-state index contributed by atoms with van der Waals surface area (Å²) < 4.78 is 0. The minimum atomic E-state index is -1.26. The van der Waals surface area contributed by atoms with Crippen molar-refractivity contribution in [2.75, 3.05) is 33.3 Å². The molecule has 19 heavy (non-hydrogen) atoms. The summed E-state index contributed by atoms with van der Waals surface area (Å²) in [7, 11) is 1.48. The van der Waals surface area contributed by atoms with Crippen LogP contribution in [0.25, 0.3) is 0 Å². The Morgan fingerprint density at radius 1 is 0.947 bits per heavy atom. The van der Waals surface area contributed by atoms with E-state index in [2.05, 4.69) is 0 Å². The Labute approximate surface area is 111 Å². The van der Waals surface area contributed by atoms with Crippen LogP contribution < -0.4 is 0 Å². The minimum absolute atomic E-state index is 0.0851. The Morgan fingerprint density at radius 2 is 1.47 bits per heavy atom. The van der Waals surface area contributed by atoms with Gasteiger partial charge in [0.15, 0.2) is 0 Å². The molecule has 110 valence electrons. The van der Waals surface area contributed by atoms with Crippen molar-refractivity contribution >= 4 is 18.0 Å². The second-order valence-corrected chi connectivity index (χ2v) is 4.13. The number of hydrogen-bond donors (Lipinski definition) is 3. The number of carboxylic acids is 2. The van der Waals surface area contributed by atoms with Crippen molar-refractivity contribution in [2.45, 2.75) is 19.3 Å². The molecule has 0 aliphatic carbocycles. The zero-order chi connectivity index (χ0) is 14.8. The number of nitrogens with zero attached hydrogens (tertiary/aromatic N) is 2. The maximum absolute atomic E-state index is 11.9. The average molecular weight is 276 g/mol. The number of aliphatic hydroxyl groups is 1. The molecule has 0 spiro atoms. The molecule has 8 heteroatoms. The van der Waals surface area contributed by atoms with Gasteiger partial charge in [-0.3, -0.25) is 9.59 Å². The molecule has 2 amide bonds. The molecular weight excluding hydrogens is 256 g/mol. The van der Waals surface area contributed by atoms with E-state index >= 15 is 0 Å². The number of amides is 2. The van der Waals surface area contributed by atoms with E-state index in [0.29, 0.717) is 19.4 Å². The van der Waals surface area contributed by atoms with Crippen molar-refractivity contribution in [1.82, 2.24) is 9.80 Å². The number of hydrogen-bond acceptors (Lipinski definition) is 4. The van der Waals surface area contributed by atoms with Gasteiger partial charge in [0.25, 0.3) is 0 Å². The molecule has 0 saturated heterocycles. The van der Waals surface area contributed by atoms with E-state index in [9.17, 15) is 14.4 Å². The second-order valence-electron chi connectivity index (χ2n) is 4.13. The van der Waals surface area contributed by atoms with E-state index < -0.39 is 31.1 Å². The summed E-state index contributed by atoms with van der Waals surface area (Å²) in [6.45, 7) is -0.825. The van der Waals surface area contributed by atoms with Crippen LogP contribution in [0.3, 0.4) is 0 Å². The standard InChI is InChI=1S/C11H20N2O6/c1-12(5-3-2-4-6-14)11(19)13(7-9(15)16)8-10(17)18/h14H,2-8H2,1H3,(H,15,16)(H,17,18). The molecule has 0 radical (unpaired) electrons. The Hall–Kier alpha value is -1.83. The number of carbonyl (C=O) groups is 3. The highest BCUT2D eigenvalue weighted by Crippen LogP contribution is 2.01. The first-order chi connectivity index (χ1) is 8.88. The smallest absolute Gasteiger partial charge is 0.323 e. The van der Waals surface area contributed by atoms with Gasteiger partial charge in [-0.25, -0.2) is 4.79 Å². The molecule has 0 aliphatic heterocycles. The molecule has 0 atom stereocenters. The Morgan fingerprint density at radius 3 is 1.89 bits per heavy atom. The molecule has 0 aromatic rings. The van der Waals surface area contributed by atoms with Gasteiger partial charge in [0.2, 0.25) is 0 Å². The van der Waals surface area contributed by atoms with Gasteiger partial charge < -0.3 is 25.1 Å². The van der Waals surface area contributed by atoms with Crippen molar-refractivity contribution in [3.8, 4) is 0 Å². The lowest BCUT2D eigenvalue weighted by molar-refractivity contribution is -0.140. The van der Waals surface area contributed by atoms with Crippen molar-refractivity contribution in [3.63, 3.8) is 0 Å². The topological polar surface area (TPSA) is 118 Å². The summed E-state index contributed by atoms with van der Waals surface area (Å²) in [5.74, 6) is -2.52. The first-order valence-corrected chi connectivity index (χ1v) is 5.93. The Balaban J connectivity index is 4.34. The number of carboxylic acid groups (broad SMARTS) is 2. The second kappa shape index (κ2) is 9.15. The summed E-state index contributed by atoms with van der Waals surface area (Å²) in [4.78, 5) is 35.1. The largest absolute Gasteiger partial charge is 0.480 e. The fourth-order valence-electron chi connectivity index (χ4n) is 1.49. The van der Waals surface area contributed by atoms with Crippen LogP contribution in [0.15, 0.2) is 0 Å². The van der Waals surface area contributed by atoms with E-state index in [-0.39, 0.29) is 6.61 Å². The maximum Gasteiger partial charge on any atom is 0.323 e. The lowest BCUT2D eigenvalue weighted by Gasteiger charge is -2.25. The Bertz CT molecular complexity index is 304. The van der Waals surface area contributed by atoms with Crippen molar-refractivity contribution in [1.29, 1.82) is 0 Å². The van der Waals surface area contributed by atoms with Crippen molar-refractivity contribution < 1.29 is 29.7 Å². The predicted octanol–water partition coefficient (Wildman–Crippen LogP) is -0.328. The van der Waals surface area contributed by atoms with Gasteiger partial charge in [0, 0.05) is 20.2 Å². The van der Waals surface area contributed by atoms with Gasteiger partial charge in [-0.2, -0.15) is 0 Å². The van der Waals surface area contributed by atoms with Crippen LogP contribution in [0.2, 0.25) is 0 Å². The van der Waals surface area contributed by atoms with E-state index in [4.69, 9.17) is 15.3 Å². The lowest BCUT2D eigenvalue weighted by atomic mass is 10.2. The number of unbranched alkanes of at least 4 members (excludes halogenated alkanes) is 2. The normalized spacial score (nSPS) is 10.0. The molecule has 0 bridgehead atoms. The summed E-state index contributed by atoms with van der Waals surface area (Å²) in [5, 5.41) is 25.9. The highest BCUT2D eigenvalue weighted by molar-refractivity contribution is 5.84. The highest BCUT2D eigenvalue weighted by Gasteiger charge is 2.22. The molecule has 0 heterocycles. The van der Waals surface area contributed by atoms with Crippen LogP contribution >= 0.6 is 0 Å². The van der Waals surface area contributed by atoms with Crippen molar-refractivity contribution in [2.24, 2.45) is 0 Å². The third kappa shape index (κ3) is 7.98. The summed E-state index contributed by atoms with van der Waals surface area (Å²) in [5.41, 5.74) is 0. The predicted molar refractivity (Wildman–Crippen MR) is 65.8 cm³/mol. The SMILES string of the molecule is CN(CCCCCO)C(=O)N(CC(=O)O)CC(=O)O. The quantitative estimate of drug-likeness (QED) is 0.496. The molecule has 0 saturated carbocycles. The molecule has 8 nitrogen and oxygen atoms in total. The molecule has 0 aliphatic rings. The van der Waals surface area contributed by atoms with Gasteiger partial charge in [0.05, 0.1) is 0 Å². The van der Waals surface area contributed by atoms with E-state index in [1.807, 2.05) is 0 Å².